The molecule has 1 aliphatic heterocycles. The molecule has 68 heavy (non-hydrogen) atoms. The van der Waals surface area contributed by atoms with E-state index in [4.69, 9.17) is 18.9 Å². The minimum atomic E-state index is -5.08. The van der Waals surface area contributed by atoms with Crippen molar-refractivity contribution in [2.24, 2.45) is 0 Å². The Hall–Kier alpha value is -3.24. The number of aliphatic hydroxyl groups is 3. The highest BCUT2D eigenvalue weighted by Gasteiger charge is 2.48. The molecule has 4 N–H and O–H groups in total. The summed E-state index contributed by atoms with van der Waals surface area (Å²) in [4.78, 5) is 12.9. The summed E-state index contributed by atoms with van der Waals surface area (Å²) in [5.41, 5.74) is 0. The monoisotopic (exact) mass is 975 g/mol. The van der Waals surface area contributed by atoms with Gasteiger partial charge < -0.3 is 34.3 Å². The van der Waals surface area contributed by atoms with Crippen LogP contribution in [0.15, 0.2) is 109 Å². The van der Waals surface area contributed by atoms with Gasteiger partial charge in [0.1, 0.15) is 30.5 Å². The molecule has 1 aliphatic rings. The molecule has 388 valence electrons. The van der Waals surface area contributed by atoms with Crippen molar-refractivity contribution in [3.8, 4) is 0 Å². The van der Waals surface area contributed by atoms with Gasteiger partial charge in [-0.25, -0.2) is 4.18 Å². The summed E-state index contributed by atoms with van der Waals surface area (Å²) in [6.45, 7) is 3.69. The Balaban J connectivity index is 2.36. The maximum Gasteiger partial charge on any atom is 0.397 e. The van der Waals surface area contributed by atoms with Gasteiger partial charge in [0.25, 0.3) is 0 Å². The van der Waals surface area contributed by atoms with Crippen molar-refractivity contribution in [3.63, 3.8) is 0 Å². The van der Waals surface area contributed by atoms with E-state index < -0.39 is 59.8 Å². The van der Waals surface area contributed by atoms with Gasteiger partial charge in [-0.2, -0.15) is 8.42 Å². The average molecular weight is 975 g/mol. The highest BCUT2D eigenvalue weighted by atomic mass is 32.3. The van der Waals surface area contributed by atoms with Crippen molar-refractivity contribution in [2.75, 3.05) is 26.4 Å². The summed E-state index contributed by atoms with van der Waals surface area (Å²) < 4.78 is 59.2. The summed E-state index contributed by atoms with van der Waals surface area (Å²) in [6, 6.07) is 0. The van der Waals surface area contributed by atoms with Gasteiger partial charge in [0, 0.05) is 13.0 Å². The molecule has 1 saturated heterocycles. The Labute approximate surface area is 411 Å². The van der Waals surface area contributed by atoms with Gasteiger partial charge >= 0.3 is 16.4 Å². The van der Waals surface area contributed by atoms with E-state index in [1.165, 1.54) is 19.3 Å². The van der Waals surface area contributed by atoms with E-state index in [1.807, 2.05) is 0 Å². The third-order valence-corrected chi connectivity index (χ3v) is 11.4. The summed E-state index contributed by atoms with van der Waals surface area (Å²) in [7, 11) is -5.08. The van der Waals surface area contributed by atoms with Crippen LogP contribution in [0.4, 0.5) is 0 Å². The highest BCUT2D eigenvalue weighted by molar-refractivity contribution is 7.80. The van der Waals surface area contributed by atoms with Gasteiger partial charge in [0.05, 0.1) is 19.8 Å². The highest BCUT2D eigenvalue weighted by Crippen LogP contribution is 2.26. The molecule has 0 aliphatic carbocycles. The van der Waals surface area contributed by atoms with Crippen molar-refractivity contribution >= 4 is 16.4 Å². The van der Waals surface area contributed by atoms with Crippen LogP contribution in [0.1, 0.15) is 168 Å². The molecule has 0 aromatic carbocycles. The molecule has 1 rings (SSSR count). The second-order valence-electron chi connectivity index (χ2n) is 17.0. The fraction of sp³-hybridized carbons (Fsp3) is 0.655. The number of ether oxygens (including phenoxy) is 4. The normalized spacial score (nSPS) is 20.2. The van der Waals surface area contributed by atoms with Gasteiger partial charge in [-0.05, 0) is 96.3 Å². The van der Waals surface area contributed by atoms with Crippen molar-refractivity contribution in [2.45, 2.75) is 205 Å². The van der Waals surface area contributed by atoms with E-state index in [2.05, 4.69) is 127 Å². The predicted octanol–water partition coefficient (Wildman–Crippen LogP) is 12.0. The van der Waals surface area contributed by atoms with E-state index in [0.717, 1.165) is 122 Å². The molecule has 0 aromatic heterocycles. The summed E-state index contributed by atoms with van der Waals surface area (Å²) in [6.07, 6.45) is 54.1. The quantitative estimate of drug-likeness (QED) is 0.0197. The molecule has 6 atom stereocenters. The largest absolute Gasteiger partial charge is 0.457 e. The summed E-state index contributed by atoms with van der Waals surface area (Å²) >= 11 is 0. The lowest BCUT2D eigenvalue weighted by Crippen LogP contribution is -2.60. The van der Waals surface area contributed by atoms with E-state index >= 15 is 0 Å². The minimum absolute atomic E-state index is 0.0133. The first-order chi connectivity index (χ1) is 33.1. The van der Waals surface area contributed by atoms with Gasteiger partial charge in [-0.15, -0.1) is 0 Å². The van der Waals surface area contributed by atoms with E-state index in [-0.39, 0.29) is 19.6 Å². The van der Waals surface area contributed by atoms with Crippen LogP contribution in [0.2, 0.25) is 0 Å². The molecule has 13 heteroatoms. The molecule has 1 fully saturated rings. The van der Waals surface area contributed by atoms with Crippen LogP contribution < -0.4 is 0 Å². The van der Waals surface area contributed by atoms with Gasteiger partial charge in [0.15, 0.2) is 6.29 Å². The summed E-state index contributed by atoms with van der Waals surface area (Å²) in [5, 5.41) is 30.7. The Kier molecular flexibility index (Phi) is 41.5. The maximum atomic E-state index is 12.9. The topological polar surface area (TPSA) is 178 Å². The SMILES string of the molecule is CC/C=C\C/C=C\C/C=C\C/C=C\C/C=C\C/C=C\CCCCCCCCCOCC(COC1OC(CO)C(O)C(OS(=O)(=O)O)C1O)OC(=O)CCCCCCC/C=C\C/C=C\C/C=C\CC. The van der Waals surface area contributed by atoms with Crippen LogP contribution in [0.5, 0.6) is 0 Å². The Bertz CT molecular complexity index is 1590. The molecule has 1 heterocycles. The first kappa shape index (κ1) is 62.8. The summed E-state index contributed by atoms with van der Waals surface area (Å²) in [5.74, 6) is -0.425. The van der Waals surface area contributed by atoms with E-state index in [0.29, 0.717) is 13.0 Å². The lowest BCUT2D eigenvalue weighted by molar-refractivity contribution is -0.301. The second-order valence-corrected chi connectivity index (χ2v) is 18.0. The number of esters is 1. The lowest BCUT2D eigenvalue weighted by atomic mass is 9.99. The van der Waals surface area contributed by atoms with Crippen LogP contribution >= 0.6 is 0 Å². The number of aliphatic hydroxyl groups excluding tert-OH is 3. The molecule has 0 saturated carbocycles. The van der Waals surface area contributed by atoms with Crippen LogP contribution in [-0.2, 0) is 38.3 Å². The van der Waals surface area contributed by atoms with Gasteiger partial charge in [0.2, 0.25) is 0 Å². The fourth-order valence-corrected chi connectivity index (χ4v) is 7.61. The molecule has 0 amide bonds. The lowest BCUT2D eigenvalue weighted by Gasteiger charge is -2.41. The average Bonchev–Trinajstić information content (AvgIpc) is 3.31. The van der Waals surface area contributed by atoms with Gasteiger partial charge in [-0.1, -0.05) is 175 Å². The second kappa shape index (κ2) is 44.9. The molecule has 12 nitrogen and oxygen atoms in total. The van der Waals surface area contributed by atoms with E-state index in [1.54, 1.807) is 0 Å². The van der Waals surface area contributed by atoms with Crippen molar-refractivity contribution in [1.29, 1.82) is 0 Å². The Morgan fingerprint density at radius 1 is 0.559 bits per heavy atom. The molecular formula is C55H90O12S. The fourth-order valence-electron chi connectivity index (χ4n) is 7.10. The number of allylic oxidation sites excluding steroid dienone is 18. The number of unbranched alkanes of at least 4 members (excludes halogenated alkanes) is 12. The molecule has 6 unspecified atom stereocenters. The smallest absolute Gasteiger partial charge is 0.397 e. The van der Waals surface area contributed by atoms with Crippen LogP contribution in [0.25, 0.3) is 0 Å². The first-order valence-corrected chi connectivity index (χ1v) is 27.0. The first-order valence-electron chi connectivity index (χ1n) is 25.6. The third kappa shape index (κ3) is 37.6. The number of rotatable bonds is 43. The maximum absolute atomic E-state index is 12.9. The standard InChI is InChI=1S/C55H90O12S/c1-3-5-7-9-11-13-15-17-19-20-21-22-23-24-25-26-27-28-29-31-33-35-37-39-41-43-45-63-47-49(48-64-55-53(59)54(67-68(60,61)62)52(58)50(46-56)66-55)65-51(57)44-42-40-38-36-34-32-30-18-16-14-12-10-8-6-4-2/h5-8,11-14,17-19,21-22,24-25,27-28,30,49-50,52-56,58-59H,3-4,9-10,15-16,20,23,26,29,31-48H2,1-2H3,(H,60,61,62)/b7-5-,8-6-,13-11-,14-12-,19-17-,22-21-,25-24-,28-27-,30-18-. The van der Waals surface area contributed by atoms with Gasteiger partial charge in [-0.3, -0.25) is 9.35 Å². The van der Waals surface area contributed by atoms with Crippen LogP contribution in [0.3, 0.4) is 0 Å². The van der Waals surface area contributed by atoms with Crippen molar-refractivity contribution < 1.29 is 56.2 Å². The zero-order chi connectivity index (χ0) is 49.6. The molecule has 0 radical (unpaired) electrons. The number of hydrogen-bond acceptors (Lipinski definition) is 11. The molecular weight excluding hydrogens is 885 g/mol. The molecule has 0 aromatic rings. The third-order valence-electron chi connectivity index (χ3n) is 10.9. The number of hydrogen-bond donors (Lipinski definition) is 4. The number of carbonyl (C=O) groups excluding carboxylic acids is 1. The van der Waals surface area contributed by atoms with E-state index in [9.17, 15) is 33.1 Å². The zero-order valence-corrected chi connectivity index (χ0v) is 42.4. The van der Waals surface area contributed by atoms with Crippen LogP contribution in [0, 0.1) is 0 Å². The Morgan fingerprint density at radius 2 is 0.971 bits per heavy atom. The number of carbonyl (C=O) groups is 1. The predicted molar refractivity (Wildman–Crippen MR) is 275 cm³/mol. The zero-order valence-electron chi connectivity index (χ0n) is 41.6. The molecule has 0 bridgehead atoms. The van der Waals surface area contributed by atoms with Crippen molar-refractivity contribution in [3.05, 3.63) is 109 Å². The Morgan fingerprint density at radius 3 is 1.41 bits per heavy atom. The van der Waals surface area contributed by atoms with Crippen molar-refractivity contribution in [1.82, 2.24) is 0 Å². The molecule has 0 spiro atoms. The minimum Gasteiger partial charge on any atom is -0.457 e. The van der Waals surface area contributed by atoms with Crippen LogP contribution in [-0.4, -0.2) is 97.5 Å².